The molecular weight excluding hydrogens is 218 g/mol. The van der Waals surface area contributed by atoms with Gasteiger partial charge in [-0.05, 0) is 23.1 Å². The lowest BCUT2D eigenvalue weighted by molar-refractivity contribution is 0.969. The third-order valence-electron chi connectivity index (χ3n) is 3.31. The van der Waals surface area contributed by atoms with Gasteiger partial charge in [-0.1, -0.05) is 61.5 Å². The summed E-state index contributed by atoms with van der Waals surface area (Å²) in [7, 11) is 0. The summed E-state index contributed by atoms with van der Waals surface area (Å²) in [6.07, 6.45) is 2.81. The van der Waals surface area contributed by atoms with E-state index in [4.69, 9.17) is 5.73 Å². The molecule has 1 atom stereocenters. The van der Waals surface area contributed by atoms with E-state index >= 15 is 0 Å². The van der Waals surface area contributed by atoms with Crippen molar-refractivity contribution in [1.29, 1.82) is 0 Å². The second-order valence-electron chi connectivity index (χ2n) is 4.61. The zero-order chi connectivity index (χ0) is 13.0. The van der Waals surface area contributed by atoms with E-state index in [1.54, 1.807) is 0 Å². The molecule has 0 saturated heterocycles. The van der Waals surface area contributed by atoms with Crippen LogP contribution in [0.4, 0.5) is 5.69 Å². The molecule has 0 aliphatic carbocycles. The molecule has 1 heteroatoms. The van der Waals surface area contributed by atoms with Gasteiger partial charge in [-0.15, -0.1) is 6.58 Å². The summed E-state index contributed by atoms with van der Waals surface area (Å²) in [5.41, 5.74) is 10.8. The standard InChI is InChI=1S/C17H19N/c1-3-13(2)16-11-7-10-15(17(16)18)12-14-8-5-4-6-9-14/h3-11,13H,1,12,18H2,2H3. The Morgan fingerprint density at radius 3 is 2.50 bits per heavy atom. The topological polar surface area (TPSA) is 26.0 Å². The summed E-state index contributed by atoms with van der Waals surface area (Å²) < 4.78 is 0. The smallest absolute Gasteiger partial charge is 0.0388 e. The molecule has 0 aromatic heterocycles. The van der Waals surface area contributed by atoms with Crippen molar-refractivity contribution in [3.05, 3.63) is 77.9 Å². The largest absolute Gasteiger partial charge is 0.398 e. The third-order valence-corrected chi connectivity index (χ3v) is 3.31. The molecule has 1 nitrogen and oxygen atoms in total. The van der Waals surface area contributed by atoms with Gasteiger partial charge in [0.2, 0.25) is 0 Å². The van der Waals surface area contributed by atoms with Gasteiger partial charge in [0, 0.05) is 11.6 Å². The maximum atomic E-state index is 6.26. The van der Waals surface area contributed by atoms with Gasteiger partial charge >= 0.3 is 0 Å². The summed E-state index contributed by atoms with van der Waals surface area (Å²) in [6, 6.07) is 16.7. The second-order valence-corrected chi connectivity index (χ2v) is 4.61. The number of rotatable bonds is 4. The molecule has 2 aromatic rings. The highest BCUT2D eigenvalue weighted by atomic mass is 14.6. The normalized spacial score (nSPS) is 12.1. The van der Waals surface area contributed by atoms with Gasteiger partial charge < -0.3 is 5.73 Å². The Bertz CT molecular complexity index is 529. The van der Waals surface area contributed by atoms with Gasteiger partial charge in [-0.25, -0.2) is 0 Å². The highest BCUT2D eigenvalue weighted by Crippen LogP contribution is 2.27. The zero-order valence-electron chi connectivity index (χ0n) is 10.8. The lowest BCUT2D eigenvalue weighted by atomic mass is 9.94. The van der Waals surface area contributed by atoms with E-state index < -0.39 is 0 Å². The van der Waals surface area contributed by atoms with Crippen LogP contribution >= 0.6 is 0 Å². The number of benzene rings is 2. The highest BCUT2D eigenvalue weighted by Gasteiger charge is 2.09. The molecule has 2 rings (SSSR count). The van der Waals surface area contributed by atoms with Gasteiger partial charge in [0.25, 0.3) is 0 Å². The minimum Gasteiger partial charge on any atom is -0.398 e. The van der Waals surface area contributed by atoms with Crippen LogP contribution in [0.3, 0.4) is 0 Å². The van der Waals surface area contributed by atoms with Gasteiger partial charge in [-0.3, -0.25) is 0 Å². The molecule has 2 aromatic carbocycles. The zero-order valence-corrected chi connectivity index (χ0v) is 10.8. The minimum atomic E-state index is 0.292. The van der Waals surface area contributed by atoms with E-state index in [0.717, 1.165) is 12.1 Å². The van der Waals surface area contributed by atoms with Crippen molar-refractivity contribution in [2.75, 3.05) is 5.73 Å². The number of para-hydroxylation sites is 1. The number of hydrogen-bond donors (Lipinski definition) is 1. The highest BCUT2D eigenvalue weighted by molar-refractivity contribution is 5.57. The lowest BCUT2D eigenvalue weighted by Gasteiger charge is -2.14. The Morgan fingerprint density at radius 1 is 1.11 bits per heavy atom. The fourth-order valence-corrected chi connectivity index (χ4v) is 2.13. The number of allylic oxidation sites excluding steroid dienone is 1. The summed E-state index contributed by atoms with van der Waals surface area (Å²) in [4.78, 5) is 0. The van der Waals surface area contributed by atoms with Gasteiger partial charge in [0.1, 0.15) is 0 Å². The molecule has 92 valence electrons. The number of anilines is 1. The van der Waals surface area contributed by atoms with Crippen LogP contribution in [0.1, 0.15) is 29.5 Å². The first kappa shape index (κ1) is 12.4. The third kappa shape index (κ3) is 2.62. The summed E-state index contributed by atoms with van der Waals surface area (Å²) >= 11 is 0. The Hall–Kier alpha value is -2.02. The van der Waals surface area contributed by atoms with Crippen LogP contribution in [0, 0.1) is 0 Å². The van der Waals surface area contributed by atoms with Gasteiger partial charge in [0.15, 0.2) is 0 Å². The molecule has 0 radical (unpaired) electrons. The van der Waals surface area contributed by atoms with E-state index in [0.29, 0.717) is 5.92 Å². The fourth-order valence-electron chi connectivity index (χ4n) is 2.13. The van der Waals surface area contributed by atoms with Crippen molar-refractivity contribution in [2.24, 2.45) is 0 Å². The summed E-state index contributed by atoms with van der Waals surface area (Å²) in [5.74, 6) is 0.292. The van der Waals surface area contributed by atoms with Crippen LogP contribution in [0.25, 0.3) is 0 Å². The quantitative estimate of drug-likeness (QED) is 0.627. The Morgan fingerprint density at radius 2 is 1.83 bits per heavy atom. The van der Waals surface area contributed by atoms with E-state index in [2.05, 4.69) is 56.0 Å². The first-order valence-electron chi connectivity index (χ1n) is 6.26. The molecular formula is C17H19N. The van der Waals surface area contributed by atoms with Crippen molar-refractivity contribution in [1.82, 2.24) is 0 Å². The van der Waals surface area contributed by atoms with E-state index in [1.807, 2.05) is 12.1 Å². The van der Waals surface area contributed by atoms with Crippen LogP contribution in [-0.2, 0) is 6.42 Å². The molecule has 0 aliphatic heterocycles. The maximum absolute atomic E-state index is 6.26. The van der Waals surface area contributed by atoms with Crippen LogP contribution in [-0.4, -0.2) is 0 Å². The molecule has 0 fully saturated rings. The Kier molecular flexibility index (Phi) is 3.83. The monoisotopic (exact) mass is 237 g/mol. The van der Waals surface area contributed by atoms with E-state index in [1.165, 1.54) is 16.7 Å². The molecule has 0 spiro atoms. The molecule has 0 heterocycles. The predicted molar refractivity (Wildman–Crippen MR) is 78.7 cm³/mol. The van der Waals surface area contributed by atoms with Crippen molar-refractivity contribution in [3.63, 3.8) is 0 Å². The van der Waals surface area contributed by atoms with Crippen LogP contribution in [0.5, 0.6) is 0 Å². The fraction of sp³-hybridized carbons (Fsp3) is 0.176. The molecule has 18 heavy (non-hydrogen) atoms. The van der Waals surface area contributed by atoms with Crippen LogP contribution < -0.4 is 5.73 Å². The lowest BCUT2D eigenvalue weighted by Crippen LogP contribution is -2.02. The Balaban J connectivity index is 2.32. The number of hydrogen-bond acceptors (Lipinski definition) is 1. The van der Waals surface area contributed by atoms with Crippen LogP contribution in [0.2, 0.25) is 0 Å². The molecule has 1 unspecified atom stereocenters. The van der Waals surface area contributed by atoms with Crippen molar-refractivity contribution >= 4 is 5.69 Å². The SMILES string of the molecule is C=CC(C)c1cccc(Cc2ccccc2)c1N. The average Bonchev–Trinajstić information content (AvgIpc) is 2.41. The molecule has 0 aliphatic rings. The Labute approximate surface area is 109 Å². The van der Waals surface area contributed by atoms with Crippen molar-refractivity contribution in [3.8, 4) is 0 Å². The molecule has 0 bridgehead atoms. The maximum Gasteiger partial charge on any atom is 0.0388 e. The number of nitrogen functional groups attached to an aromatic ring is 1. The van der Waals surface area contributed by atoms with Gasteiger partial charge in [0.05, 0.1) is 0 Å². The summed E-state index contributed by atoms with van der Waals surface area (Å²) in [5, 5.41) is 0. The van der Waals surface area contributed by atoms with Gasteiger partial charge in [-0.2, -0.15) is 0 Å². The van der Waals surface area contributed by atoms with Crippen molar-refractivity contribution in [2.45, 2.75) is 19.3 Å². The average molecular weight is 237 g/mol. The van der Waals surface area contributed by atoms with Crippen LogP contribution in [0.15, 0.2) is 61.2 Å². The molecule has 2 N–H and O–H groups in total. The predicted octanol–water partition coefficient (Wildman–Crippen LogP) is 4.15. The minimum absolute atomic E-state index is 0.292. The molecule has 0 saturated carbocycles. The number of nitrogens with two attached hydrogens (primary N) is 1. The van der Waals surface area contributed by atoms with E-state index in [-0.39, 0.29) is 0 Å². The first-order chi connectivity index (χ1) is 8.72. The second kappa shape index (κ2) is 5.54. The first-order valence-corrected chi connectivity index (χ1v) is 6.26. The van der Waals surface area contributed by atoms with Crippen molar-refractivity contribution < 1.29 is 0 Å². The van der Waals surface area contributed by atoms with E-state index in [9.17, 15) is 0 Å². The molecule has 0 amide bonds. The summed E-state index contributed by atoms with van der Waals surface area (Å²) in [6.45, 7) is 5.95.